The second kappa shape index (κ2) is 8.19. The number of thiophene rings is 1. The van der Waals surface area contributed by atoms with Crippen LogP contribution >= 0.6 is 11.3 Å². The molecule has 0 atom stereocenters. The quantitative estimate of drug-likeness (QED) is 0.766. The number of carbonyl (C=O) groups is 1. The van der Waals surface area contributed by atoms with Crippen LogP contribution in [0.4, 0.5) is 13.2 Å². The molecule has 1 aromatic carbocycles. The molecule has 0 unspecified atom stereocenters. The summed E-state index contributed by atoms with van der Waals surface area (Å²) in [5.41, 5.74) is -0.985. The Morgan fingerprint density at radius 1 is 1.27 bits per heavy atom. The lowest BCUT2D eigenvalue weighted by Crippen LogP contribution is -2.24. The Morgan fingerprint density at radius 2 is 2.00 bits per heavy atom. The Balaban J connectivity index is 2.33. The van der Waals surface area contributed by atoms with Crippen LogP contribution in [0.1, 0.15) is 20.8 Å². The van der Waals surface area contributed by atoms with Crippen molar-refractivity contribution < 1.29 is 31.1 Å². The number of sulfone groups is 1. The van der Waals surface area contributed by atoms with E-state index < -0.39 is 38.1 Å². The third-order valence-corrected chi connectivity index (χ3v) is 6.09. The summed E-state index contributed by atoms with van der Waals surface area (Å²) in [5, 5.41) is 4.22. The number of carbonyl (C=O) groups excluding carboxylic acids is 1. The van der Waals surface area contributed by atoms with Gasteiger partial charge in [0.25, 0.3) is 5.91 Å². The van der Waals surface area contributed by atoms with Crippen LogP contribution in [0.25, 0.3) is 0 Å². The van der Waals surface area contributed by atoms with Crippen LogP contribution in [-0.2, 0) is 27.3 Å². The van der Waals surface area contributed by atoms with Crippen LogP contribution in [0.5, 0.6) is 0 Å². The van der Waals surface area contributed by atoms with Gasteiger partial charge in [-0.05, 0) is 29.1 Å². The zero-order chi connectivity index (χ0) is 19.4. The number of methoxy groups -OCH3 is 1. The van der Waals surface area contributed by atoms with Crippen molar-refractivity contribution in [1.29, 1.82) is 0 Å². The van der Waals surface area contributed by atoms with E-state index in [0.29, 0.717) is 10.9 Å². The minimum Gasteiger partial charge on any atom is -0.384 e. The molecular weight excluding hydrogens is 391 g/mol. The Bertz CT molecular complexity index is 862. The normalized spacial score (nSPS) is 12.2. The van der Waals surface area contributed by atoms with E-state index in [1.165, 1.54) is 18.4 Å². The van der Waals surface area contributed by atoms with E-state index in [0.717, 1.165) is 12.1 Å². The molecule has 0 saturated carbocycles. The standard InChI is InChI=1S/C16H16F3NO4S2/c1-24-6-8-26(22,23)14-9-12(16(17,18)19)5-4-11(14)10-20-15(21)13-3-2-7-25-13/h2-5,7,9H,6,8,10H2,1H3,(H,20,21). The molecule has 0 aliphatic carbocycles. The fourth-order valence-electron chi connectivity index (χ4n) is 2.14. The highest BCUT2D eigenvalue weighted by atomic mass is 32.2. The maximum absolute atomic E-state index is 13.0. The van der Waals surface area contributed by atoms with Gasteiger partial charge in [0.2, 0.25) is 0 Å². The molecule has 1 N–H and O–H groups in total. The van der Waals surface area contributed by atoms with E-state index in [2.05, 4.69) is 5.32 Å². The first kappa shape index (κ1) is 20.4. The molecule has 10 heteroatoms. The molecule has 1 amide bonds. The average molecular weight is 407 g/mol. The first-order chi connectivity index (χ1) is 12.1. The predicted octanol–water partition coefficient (Wildman–Crippen LogP) is 3.12. The van der Waals surface area contributed by atoms with Gasteiger partial charge in [-0.15, -0.1) is 11.3 Å². The van der Waals surface area contributed by atoms with Crippen LogP contribution in [0.3, 0.4) is 0 Å². The minimum absolute atomic E-state index is 0.0824. The van der Waals surface area contributed by atoms with E-state index in [1.807, 2.05) is 0 Å². The number of hydrogen-bond acceptors (Lipinski definition) is 5. The number of nitrogens with one attached hydrogen (secondary N) is 1. The Hall–Kier alpha value is -1.91. The molecule has 5 nitrogen and oxygen atoms in total. The van der Waals surface area contributed by atoms with E-state index in [4.69, 9.17) is 4.74 Å². The lowest BCUT2D eigenvalue weighted by molar-refractivity contribution is -0.137. The van der Waals surface area contributed by atoms with Crippen LogP contribution in [-0.4, -0.2) is 33.8 Å². The Kier molecular flexibility index (Phi) is 6.43. The monoisotopic (exact) mass is 407 g/mol. The van der Waals surface area contributed by atoms with E-state index in [1.54, 1.807) is 17.5 Å². The van der Waals surface area contributed by atoms with Crippen molar-refractivity contribution >= 4 is 27.1 Å². The van der Waals surface area contributed by atoms with Crippen LogP contribution in [0.15, 0.2) is 40.6 Å². The van der Waals surface area contributed by atoms with Crippen LogP contribution in [0, 0.1) is 0 Å². The van der Waals surface area contributed by atoms with Crippen molar-refractivity contribution in [2.24, 2.45) is 0 Å². The topological polar surface area (TPSA) is 72.5 Å². The van der Waals surface area contributed by atoms with Crippen molar-refractivity contribution in [3.8, 4) is 0 Å². The van der Waals surface area contributed by atoms with Gasteiger partial charge in [-0.25, -0.2) is 8.42 Å². The van der Waals surface area contributed by atoms with Gasteiger partial charge in [-0.3, -0.25) is 4.79 Å². The Labute approximate surface area is 152 Å². The summed E-state index contributed by atoms with van der Waals surface area (Å²) in [4.78, 5) is 11.9. The van der Waals surface area contributed by atoms with Gasteiger partial charge in [0, 0.05) is 13.7 Å². The largest absolute Gasteiger partial charge is 0.416 e. The second-order valence-corrected chi connectivity index (χ2v) is 8.32. The molecule has 142 valence electrons. The number of halogens is 3. The maximum atomic E-state index is 13.0. The summed E-state index contributed by atoms with van der Waals surface area (Å²) >= 11 is 1.20. The predicted molar refractivity (Wildman–Crippen MR) is 90.9 cm³/mol. The van der Waals surface area contributed by atoms with Gasteiger partial charge in [0.05, 0.1) is 27.7 Å². The molecule has 0 aliphatic heterocycles. The van der Waals surface area contributed by atoms with Crippen LogP contribution < -0.4 is 5.32 Å². The number of benzene rings is 1. The van der Waals surface area contributed by atoms with Crippen molar-refractivity contribution in [2.45, 2.75) is 17.6 Å². The zero-order valence-electron chi connectivity index (χ0n) is 13.7. The molecule has 1 heterocycles. The van der Waals surface area contributed by atoms with Crippen LogP contribution in [0.2, 0.25) is 0 Å². The number of rotatable bonds is 7. The summed E-state index contributed by atoms with van der Waals surface area (Å²) < 4.78 is 68.4. The van der Waals surface area contributed by atoms with Gasteiger partial charge in [0.1, 0.15) is 0 Å². The van der Waals surface area contributed by atoms with Gasteiger partial charge in [-0.1, -0.05) is 12.1 Å². The van der Waals surface area contributed by atoms with Crippen molar-refractivity contribution in [1.82, 2.24) is 5.32 Å². The highest BCUT2D eigenvalue weighted by Gasteiger charge is 2.32. The average Bonchev–Trinajstić information content (AvgIpc) is 3.11. The van der Waals surface area contributed by atoms with Gasteiger partial charge < -0.3 is 10.1 Å². The highest BCUT2D eigenvalue weighted by molar-refractivity contribution is 7.91. The first-order valence-electron chi connectivity index (χ1n) is 7.38. The van der Waals surface area contributed by atoms with Gasteiger partial charge in [-0.2, -0.15) is 13.2 Å². The highest BCUT2D eigenvalue weighted by Crippen LogP contribution is 2.32. The number of alkyl halides is 3. The molecule has 0 spiro atoms. The molecule has 0 aliphatic rings. The third kappa shape index (κ3) is 5.05. The number of hydrogen-bond donors (Lipinski definition) is 1. The molecule has 0 saturated heterocycles. The van der Waals surface area contributed by atoms with E-state index in [9.17, 15) is 26.4 Å². The molecular formula is C16H16F3NO4S2. The van der Waals surface area contributed by atoms with Gasteiger partial charge >= 0.3 is 6.18 Å². The minimum atomic E-state index is -4.68. The zero-order valence-corrected chi connectivity index (χ0v) is 15.3. The molecule has 0 radical (unpaired) electrons. The smallest absolute Gasteiger partial charge is 0.384 e. The first-order valence-corrected chi connectivity index (χ1v) is 9.92. The summed E-state index contributed by atoms with van der Waals surface area (Å²) in [6.45, 7) is -0.365. The fraction of sp³-hybridized carbons (Fsp3) is 0.312. The maximum Gasteiger partial charge on any atom is 0.416 e. The summed E-state index contributed by atoms with van der Waals surface area (Å²) in [5.74, 6) is -0.892. The molecule has 26 heavy (non-hydrogen) atoms. The molecule has 0 fully saturated rings. The van der Waals surface area contributed by atoms with E-state index >= 15 is 0 Å². The summed E-state index contributed by atoms with van der Waals surface area (Å²) in [6.07, 6.45) is -4.68. The lowest BCUT2D eigenvalue weighted by atomic mass is 10.1. The molecule has 1 aromatic heterocycles. The number of ether oxygens (including phenoxy) is 1. The van der Waals surface area contributed by atoms with E-state index in [-0.39, 0.29) is 18.7 Å². The second-order valence-electron chi connectivity index (χ2n) is 5.29. The van der Waals surface area contributed by atoms with Crippen molar-refractivity contribution in [2.75, 3.05) is 19.5 Å². The fourth-order valence-corrected chi connectivity index (χ4v) is 4.23. The van der Waals surface area contributed by atoms with Crippen molar-refractivity contribution in [3.63, 3.8) is 0 Å². The molecule has 2 rings (SSSR count). The summed E-state index contributed by atoms with van der Waals surface area (Å²) in [7, 11) is -2.72. The molecule has 0 bridgehead atoms. The van der Waals surface area contributed by atoms with Gasteiger partial charge in [0.15, 0.2) is 9.84 Å². The molecule has 2 aromatic rings. The number of amides is 1. The lowest BCUT2D eigenvalue weighted by Gasteiger charge is -2.14. The SMILES string of the molecule is COCCS(=O)(=O)c1cc(C(F)(F)F)ccc1CNC(=O)c1cccs1. The Morgan fingerprint density at radius 3 is 2.58 bits per heavy atom. The third-order valence-electron chi connectivity index (χ3n) is 3.47. The van der Waals surface area contributed by atoms with Crippen molar-refractivity contribution in [3.05, 3.63) is 51.7 Å². The summed E-state index contributed by atoms with van der Waals surface area (Å²) in [6, 6.07) is 5.72.